The summed E-state index contributed by atoms with van der Waals surface area (Å²) >= 11 is 0. The number of nitrogens with one attached hydrogen (secondary N) is 2. The van der Waals surface area contributed by atoms with Crippen molar-refractivity contribution in [2.24, 2.45) is 5.41 Å². The molecular weight excluding hydrogens is 240 g/mol. The van der Waals surface area contributed by atoms with Gasteiger partial charge in [0, 0.05) is 6.54 Å². The first kappa shape index (κ1) is 14.0. The van der Waals surface area contributed by atoms with Crippen LogP contribution in [0, 0.1) is 5.41 Å². The van der Waals surface area contributed by atoms with Gasteiger partial charge in [-0.1, -0.05) is 37.3 Å². The summed E-state index contributed by atoms with van der Waals surface area (Å²) in [6.45, 7) is 3.57. The van der Waals surface area contributed by atoms with E-state index in [-0.39, 0.29) is 24.0 Å². The van der Waals surface area contributed by atoms with Gasteiger partial charge in [-0.2, -0.15) is 0 Å². The molecule has 0 aromatic heterocycles. The summed E-state index contributed by atoms with van der Waals surface area (Å²) in [6, 6.07) is 9.28. The molecule has 1 aromatic carbocycles. The van der Waals surface area contributed by atoms with E-state index in [1.807, 2.05) is 37.3 Å². The first-order valence-electron chi connectivity index (χ1n) is 6.89. The minimum atomic E-state index is -0.322. The van der Waals surface area contributed by atoms with Gasteiger partial charge in [0.15, 0.2) is 0 Å². The topological polar surface area (TPSA) is 61.4 Å². The van der Waals surface area contributed by atoms with Crippen LogP contribution in [0.5, 0.6) is 0 Å². The lowest BCUT2D eigenvalue weighted by atomic mass is 9.83. The van der Waals surface area contributed by atoms with Crippen molar-refractivity contribution in [2.75, 3.05) is 19.7 Å². The Morgan fingerprint density at radius 1 is 1.47 bits per heavy atom. The first-order valence-corrected chi connectivity index (χ1v) is 6.89. The van der Waals surface area contributed by atoms with E-state index in [0.717, 1.165) is 31.5 Å². The van der Waals surface area contributed by atoms with Gasteiger partial charge in [-0.05, 0) is 24.9 Å². The summed E-state index contributed by atoms with van der Waals surface area (Å²) in [5, 5.41) is 15.7. The Hall–Kier alpha value is -1.39. The Morgan fingerprint density at radius 2 is 2.21 bits per heavy atom. The first-order chi connectivity index (χ1) is 9.22. The van der Waals surface area contributed by atoms with Crippen LogP contribution >= 0.6 is 0 Å². The van der Waals surface area contributed by atoms with Gasteiger partial charge >= 0.3 is 0 Å². The fourth-order valence-corrected chi connectivity index (χ4v) is 2.63. The molecule has 3 N–H and O–H groups in total. The molecule has 0 radical (unpaired) electrons. The van der Waals surface area contributed by atoms with Crippen LogP contribution in [0.15, 0.2) is 30.3 Å². The molecule has 1 aromatic rings. The SMILES string of the molecule is CCC1(C(=O)N[C@H](CO)c2ccccc2)CCNC1. The zero-order valence-electron chi connectivity index (χ0n) is 11.4. The van der Waals surface area contributed by atoms with Crippen LogP contribution in [-0.4, -0.2) is 30.7 Å². The molecule has 104 valence electrons. The van der Waals surface area contributed by atoms with E-state index in [0.29, 0.717) is 0 Å². The normalized spacial score (nSPS) is 24.1. The number of hydrogen-bond donors (Lipinski definition) is 3. The summed E-state index contributed by atoms with van der Waals surface area (Å²) < 4.78 is 0. The third kappa shape index (κ3) is 2.96. The fraction of sp³-hybridized carbons (Fsp3) is 0.533. The van der Waals surface area contributed by atoms with Gasteiger partial charge in [-0.25, -0.2) is 0 Å². The molecule has 19 heavy (non-hydrogen) atoms. The highest BCUT2D eigenvalue weighted by atomic mass is 16.3. The lowest BCUT2D eigenvalue weighted by molar-refractivity contribution is -0.131. The molecule has 2 rings (SSSR count). The van der Waals surface area contributed by atoms with Crippen LogP contribution in [0.4, 0.5) is 0 Å². The van der Waals surface area contributed by atoms with Crippen molar-refractivity contribution >= 4 is 5.91 Å². The van der Waals surface area contributed by atoms with E-state index in [2.05, 4.69) is 10.6 Å². The predicted octanol–water partition coefficient (Wildman–Crippen LogP) is 1.23. The molecule has 0 bridgehead atoms. The highest BCUT2D eigenvalue weighted by molar-refractivity contribution is 5.83. The van der Waals surface area contributed by atoms with Gasteiger partial charge < -0.3 is 15.7 Å². The standard InChI is InChI=1S/C15H22N2O2/c1-2-15(8-9-16-11-15)14(19)17-13(10-18)12-6-4-3-5-7-12/h3-7,13,16,18H,2,8-11H2,1H3,(H,17,19)/t13-,15?/m1/s1. The largest absolute Gasteiger partial charge is 0.394 e. The minimum Gasteiger partial charge on any atom is -0.394 e. The number of carbonyl (C=O) groups is 1. The Bertz CT molecular complexity index is 413. The van der Waals surface area contributed by atoms with E-state index in [4.69, 9.17) is 0 Å². The van der Waals surface area contributed by atoms with Gasteiger partial charge in [-0.3, -0.25) is 4.79 Å². The van der Waals surface area contributed by atoms with Crippen molar-refractivity contribution in [2.45, 2.75) is 25.8 Å². The van der Waals surface area contributed by atoms with Crippen LogP contribution < -0.4 is 10.6 Å². The maximum Gasteiger partial charge on any atom is 0.228 e. The third-order valence-electron chi connectivity index (χ3n) is 4.09. The number of aliphatic hydroxyl groups excluding tert-OH is 1. The molecule has 1 aliphatic rings. The zero-order chi connectivity index (χ0) is 13.7. The summed E-state index contributed by atoms with van der Waals surface area (Å²) in [5.74, 6) is 0.0444. The van der Waals surface area contributed by atoms with Crippen LogP contribution in [0.1, 0.15) is 31.4 Å². The average Bonchev–Trinajstić information content (AvgIpc) is 2.95. The predicted molar refractivity (Wildman–Crippen MR) is 74.6 cm³/mol. The molecule has 1 aliphatic heterocycles. The van der Waals surface area contributed by atoms with Crippen molar-refractivity contribution in [3.63, 3.8) is 0 Å². The van der Waals surface area contributed by atoms with Gasteiger partial charge in [0.25, 0.3) is 0 Å². The summed E-state index contributed by atoms with van der Waals surface area (Å²) in [5.41, 5.74) is 0.623. The monoisotopic (exact) mass is 262 g/mol. The number of benzene rings is 1. The highest BCUT2D eigenvalue weighted by Gasteiger charge is 2.40. The average molecular weight is 262 g/mol. The van der Waals surface area contributed by atoms with E-state index in [1.165, 1.54) is 0 Å². The number of amides is 1. The van der Waals surface area contributed by atoms with E-state index >= 15 is 0 Å². The number of rotatable bonds is 5. The molecule has 0 spiro atoms. The number of hydrogen-bond acceptors (Lipinski definition) is 3. The fourth-order valence-electron chi connectivity index (χ4n) is 2.63. The molecule has 4 nitrogen and oxygen atoms in total. The minimum absolute atomic E-state index is 0.0444. The maximum absolute atomic E-state index is 12.5. The molecule has 1 unspecified atom stereocenters. The second-order valence-electron chi connectivity index (χ2n) is 5.18. The molecule has 2 atom stereocenters. The smallest absolute Gasteiger partial charge is 0.228 e. The lowest BCUT2D eigenvalue weighted by Gasteiger charge is -2.28. The number of aliphatic hydroxyl groups is 1. The Kier molecular flexibility index (Phi) is 4.56. The molecule has 1 amide bonds. The molecular formula is C15H22N2O2. The molecule has 1 saturated heterocycles. The van der Waals surface area contributed by atoms with Gasteiger partial charge in [0.2, 0.25) is 5.91 Å². The lowest BCUT2D eigenvalue weighted by Crippen LogP contribution is -2.44. The Balaban J connectivity index is 2.08. The van der Waals surface area contributed by atoms with Crippen LogP contribution in [-0.2, 0) is 4.79 Å². The van der Waals surface area contributed by atoms with Crippen LogP contribution in [0.3, 0.4) is 0 Å². The molecule has 1 heterocycles. The quantitative estimate of drug-likeness (QED) is 0.748. The molecule has 0 saturated carbocycles. The van der Waals surface area contributed by atoms with Crippen molar-refractivity contribution in [3.8, 4) is 0 Å². The van der Waals surface area contributed by atoms with E-state index < -0.39 is 0 Å². The van der Waals surface area contributed by atoms with Gasteiger partial charge in [0.1, 0.15) is 0 Å². The van der Waals surface area contributed by atoms with E-state index in [1.54, 1.807) is 0 Å². The molecule has 4 heteroatoms. The van der Waals surface area contributed by atoms with Crippen molar-refractivity contribution in [1.82, 2.24) is 10.6 Å². The number of carbonyl (C=O) groups excluding carboxylic acids is 1. The van der Waals surface area contributed by atoms with Gasteiger partial charge in [0.05, 0.1) is 18.1 Å². The Morgan fingerprint density at radius 3 is 2.74 bits per heavy atom. The highest BCUT2D eigenvalue weighted by Crippen LogP contribution is 2.30. The molecule has 1 fully saturated rings. The third-order valence-corrected chi connectivity index (χ3v) is 4.09. The van der Waals surface area contributed by atoms with Crippen molar-refractivity contribution < 1.29 is 9.90 Å². The maximum atomic E-state index is 12.5. The van der Waals surface area contributed by atoms with Gasteiger partial charge in [-0.15, -0.1) is 0 Å². The second kappa shape index (κ2) is 6.17. The van der Waals surface area contributed by atoms with Crippen molar-refractivity contribution in [1.29, 1.82) is 0 Å². The van der Waals surface area contributed by atoms with Crippen LogP contribution in [0.25, 0.3) is 0 Å². The van der Waals surface area contributed by atoms with E-state index in [9.17, 15) is 9.90 Å². The molecule has 0 aliphatic carbocycles. The summed E-state index contributed by atoms with van der Waals surface area (Å²) in [7, 11) is 0. The summed E-state index contributed by atoms with van der Waals surface area (Å²) in [4.78, 5) is 12.5. The zero-order valence-corrected chi connectivity index (χ0v) is 11.4. The van der Waals surface area contributed by atoms with Crippen molar-refractivity contribution in [3.05, 3.63) is 35.9 Å². The second-order valence-corrected chi connectivity index (χ2v) is 5.18. The van der Waals surface area contributed by atoms with Crippen LogP contribution in [0.2, 0.25) is 0 Å². The summed E-state index contributed by atoms with van der Waals surface area (Å²) in [6.07, 6.45) is 1.68. The Labute approximate surface area is 114 Å².